The maximum absolute atomic E-state index is 13.1. The van der Waals surface area contributed by atoms with Gasteiger partial charge in [-0.3, -0.25) is 9.59 Å². The Kier molecular flexibility index (Phi) is 5.07. The van der Waals surface area contributed by atoms with Crippen LogP contribution in [0.15, 0.2) is 41.3 Å². The zero-order valence-corrected chi connectivity index (χ0v) is 15.2. The highest BCUT2D eigenvalue weighted by molar-refractivity contribution is 5.92. The summed E-state index contributed by atoms with van der Waals surface area (Å²) >= 11 is 0. The Balaban J connectivity index is 1.78. The summed E-state index contributed by atoms with van der Waals surface area (Å²) < 4.78 is 19.7. The van der Waals surface area contributed by atoms with Crippen molar-refractivity contribution >= 4 is 5.91 Å². The lowest BCUT2D eigenvalue weighted by atomic mass is 10.2. The number of aryl methyl sites for hydroxylation is 1. The molecule has 8 heteroatoms. The number of carbonyl (C=O) groups is 1. The number of ether oxygens (including phenoxy) is 1. The molecule has 140 valence electrons. The van der Waals surface area contributed by atoms with Crippen molar-refractivity contribution in [2.24, 2.45) is 0 Å². The first-order valence-corrected chi connectivity index (χ1v) is 8.26. The Morgan fingerprint density at radius 2 is 2.00 bits per heavy atom. The number of carbonyl (C=O) groups excluding carboxylic acids is 1. The van der Waals surface area contributed by atoms with Crippen molar-refractivity contribution in [1.29, 1.82) is 0 Å². The quantitative estimate of drug-likeness (QED) is 0.721. The van der Waals surface area contributed by atoms with Crippen molar-refractivity contribution in [3.63, 3.8) is 0 Å². The molecule has 0 saturated carbocycles. The fourth-order valence-corrected chi connectivity index (χ4v) is 2.78. The number of nitrogens with one attached hydrogen (secondary N) is 2. The number of amides is 1. The zero-order valence-electron chi connectivity index (χ0n) is 15.2. The van der Waals surface area contributed by atoms with E-state index >= 15 is 0 Å². The lowest BCUT2D eigenvalue weighted by molar-refractivity contribution is 0.0945. The van der Waals surface area contributed by atoms with Crippen LogP contribution in [-0.4, -0.2) is 27.8 Å². The van der Waals surface area contributed by atoms with Crippen LogP contribution in [0.4, 0.5) is 4.39 Å². The van der Waals surface area contributed by atoms with Gasteiger partial charge in [0, 0.05) is 30.1 Å². The minimum Gasteiger partial charge on any atom is -0.491 e. The van der Waals surface area contributed by atoms with Gasteiger partial charge >= 0.3 is 0 Å². The number of rotatable bonds is 5. The van der Waals surface area contributed by atoms with E-state index in [0.29, 0.717) is 0 Å². The summed E-state index contributed by atoms with van der Waals surface area (Å²) in [6, 6.07) is 7.20. The molecule has 0 fully saturated rings. The van der Waals surface area contributed by atoms with Gasteiger partial charge in [0.15, 0.2) is 5.75 Å². The normalized spacial score (nSPS) is 10.7. The Labute approximate surface area is 154 Å². The predicted molar refractivity (Wildman–Crippen MR) is 97.8 cm³/mol. The first-order chi connectivity index (χ1) is 12.9. The molecule has 27 heavy (non-hydrogen) atoms. The Hall–Kier alpha value is -3.42. The van der Waals surface area contributed by atoms with Gasteiger partial charge in [-0.15, -0.1) is 0 Å². The lowest BCUT2D eigenvalue weighted by Gasteiger charge is -2.08. The van der Waals surface area contributed by atoms with Crippen molar-refractivity contribution in [1.82, 2.24) is 20.1 Å². The summed E-state index contributed by atoms with van der Waals surface area (Å²) in [6.07, 6.45) is 1.35. The molecule has 1 amide bonds. The highest BCUT2D eigenvalue weighted by Crippen LogP contribution is 2.18. The summed E-state index contributed by atoms with van der Waals surface area (Å²) in [5, 5.41) is 7.24. The SMILES string of the molecule is COc1c[nH]c(C(=O)NCc2c(C)nn(-c3ccc(F)cc3)c2C)cc1=O. The number of methoxy groups -OCH3 is 1. The fraction of sp³-hybridized carbons (Fsp3) is 0.211. The first kappa shape index (κ1) is 18.4. The van der Waals surface area contributed by atoms with Crippen LogP contribution in [0, 0.1) is 19.7 Å². The van der Waals surface area contributed by atoms with Gasteiger partial charge in [-0.2, -0.15) is 5.10 Å². The minimum absolute atomic E-state index is 0.138. The molecule has 2 aromatic heterocycles. The van der Waals surface area contributed by atoms with E-state index in [-0.39, 0.29) is 29.2 Å². The van der Waals surface area contributed by atoms with E-state index in [4.69, 9.17) is 4.74 Å². The number of pyridine rings is 1. The van der Waals surface area contributed by atoms with Crippen molar-refractivity contribution in [3.8, 4) is 11.4 Å². The zero-order chi connectivity index (χ0) is 19.6. The summed E-state index contributed by atoms with van der Waals surface area (Å²) in [5.41, 5.74) is 2.93. The van der Waals surface area contributed by atoms with Crippen LogP contribution in [-0.2, 0) is 6.54 Å². The number of aromatic nitrogens is 3. The Morgan fingerprint density at radius 3 is 2.63 bits per heavy atom. The lowest BCUT2D eigenvalue weighted by Crippen LogP contribution is -2.25. The summed E-state index contributed by atoms with van der Waals surface area (Å²) in [7, 11) is 1.38. The van der Waals surface area contributed by atoms with Gasteiger partial charge in [0.25, 0.3) is 5.91 Å². The standard InChI is InChI=1S/C19H19FN4O3/c1-11-15(12(2)24(23-11)14-6-4-13(20)5-7-14)9-22-19(26)16-8-17(25)18(27-3)10-21-16/h4-8,10H,9H2,1-3H3,(H,21,25)(H,22,26). The molecule has 0 atom stereocenters. The van der Waals surface area contributed by atoms with Gasteiger partial charge in [-0.1, -0.05) is 0 Å². The van der Waals surface area contributed by atoms with E-state index in [9.17, 15) is 14.0 Å². The molecule has 3 aromatic rings. The third kappa shape index (κ3) is 3.74. The van der Waals surface area contributed by atoms with Gasteiger partial charge in [-0.05, 0) is 38.1 Å². The number of nitrogens with zero attached hydrogens (tertiary/aromatic N) is 2. The maximum Gasteiger partial charge on any atom is 0.268 e. The van der Waals surface area contributed by atoms with Gasteiger partial charge in [0.05, 0.1) is 18.5 Å². The van der Waals surface area contributed by atoms with E-state index in [1.54, 1.807) is 16.8 Å². The van der Waals surface area contributed by atoms with E-state index < -0.39 is 5.91 Å². The highest BCUT2D eigenvalue weighted by Gasteiger charge is 2.15. The molecule has 0 spiro atoms. The first-order valence-electron chi connectivity index (χ1n) is 8.26. The summed E-state index contributed by atoms with van der Waals surface area (Å²) in [6.45, 7) is 3.95. The van der Waals surface area contributed by atoms with Crippen LogP contribution in [0.1, 0.15) is 27.4 Å². The maximum atomic E-state index is 13.1. The summed E-state index contributed by atoms with van der Waals surface area (Å²) in [5.74, 6) is -0.594. The number of hydrogen-bond donors (Lipinski definition) is 2. The average Bonchev–Trinajstić information content (AvgIpc) is 2.94. The molecule has 0 aliphatic rings. The van der Waals surface area contributed by atoms with Crippen molar-refractivity contribution in [2.45, 2.75) is 20.4 Å². The third-order valence-electron chi connectivity index (χ3n) is 4.28. The molecule has 0 bridgehead atoms. The average molecular weight is 370 g/mol. The van der Waals surface area contributed by atoms with Crippen LogP contribution < -0.4 is 15.5 Å². The second-order valence-electron chi connectivity index (χ2n) is 6.00. The molecular formula is C19H19FN4O3. The Morgan fingerprint density at radius 1 is 1.30 bits per heavy atom. The molecule has 0 saturated heterocycles. The third-order valence-corrected chi connectivity index (χ3v) is 4.28. The van der Waals surface area contributed by atoms with Crippen LogP contribution in [0.3, 0.4) is 0 Å². The van der Waals surface area contributed by atoms with E-state index in [1.165, 1.54) is 31.5 Å². The molecule has 2 heterocycles. The number of H-pyrrole nitrogens is 1. The molecule has 0 aliphatic carbocycles. The number of benzene rings is 1. The minimum atomic E-state index is -0.414. The molecule has 0 aliphatic heterocycles. The smallest absolute Gasteiger partial charge is 0.268 e. The number of aromatic amines is 1. The van der Waals surface area contributed by atoms with Crippen LogP contribution in [0.25, 0.3) is 5.69 Å². The second-order valence-corrected chi connectivity index (χ2v) is 6.00. The predicted octanol–water partition coefficient (Wildman–Crippen LogP) is 2.26. The van der Waals surface area contributed by atoms with Gasteiger partial charge in [0.1, 0.15) is 11.5 Å². The van der Waals surface area contributed by atoms with Crippen molar-refractivity contribution in [2.75, 3.05) is 7.11 Å². The topological polar surface area (TPSA) is 89.0 Å². The van der Waals surface area contributed by atoms with E-state index in [1.807, 2.05) is 13.8 Å². The number of halogens is 1. The van der Waals surface area contributed by atoms with Crippen LogP contribution >= 0.6 is 0 Å². The molecule has 0 radical (unpaired) electrons. The number of hydrogen-bond acceptors (Lipinski definition) is 4. The molecule has 3 rings (SSSR count). The van der Waals surface area contributed by atoms with Crippen LogP contribution in [0.5, 0.6) is 5.75 Å². The monoisotopic (exact) mass is 370 g/mol. The molecule has 0 unspecified atom stereocenters. The largest absolute Gasteiger partial charge is 0.491 e. The molecular weight excluding hydrogens is 351 g/mol. The Bertz CT molecular complexity index is 1040. The fourth-order valence-electron chi connectivity index (χ4n) is 2.78. The van der Waals surface area contributed by atoms with Crippen molar-refractivity contribution < 1.29 is 13.9 Å². The summed E-state index contributed by atoms with van der Waals surface area (Å²) in [4.78, 5) is 26.8. The molecule has 1 aromatic carbocycles. The van der Waals surface area contributed by atoms with E-state index in [0.717, 1.165) is 22.6 Å². The van der Waals surface area contributed by atoms with Gasteiger partial charge < -0.3 is 15.0 Å². The van der Waals surface area contributed by atoms with Crippen LogP contribution in [0.2, 0.25) is 0 Å². The molecule has 2 N–H and O–H groups in total. The van der Waals surface area contributed by atoms with E-state index in [2.05, 4.69) is 15.4 Å². The van der Waals surface area contributed by atoms with Crippen molar-refractivity contribution in [3.05, 3.63) is 75.2 Å². The van der Waals surface area contributed by atoms with Gasteiger partial charge in [-0.25, -0.2) is 9.07 Å². The molecule has 7 nitrogen and oxygen atoms in total. The second kappa shape index (κ2) is 7.45. The van der Waals surface area contributed by atoms with Gasteiger partial charge in [0.2, 0.25) is 5.43 Å². The highest BCUT2D eigenvalue weighted by atomic mass is 19.1.